The number of amides is 1. The van der Waals surface area contributed by atoms with Crippen molar-refractivity contribution in [2.45, 2.75) is 254 Å². The second kappa shape index (κ2) is 45.0. The molecule has 2 heterocycles. The monoisotopic (exact) mass is 1040 g/mol. The van der Waals surface area contributed by atoms with Crippen LogP contribution in [0.2, 0.25) is 0 Å². The Labute approximate surface area is 445 Å². The van der Waals surface area contributed by atoms with Crippen LogP contribution in [0, 0.1) is 0 Å². The van der Waals surface area contributed by atoms with E-state index >= 15 is 0 Å². The van der Waals surface area contributed by atoms with Gasteiger partial charge in [0.25, 0.3) is 0 Å². The quantitative estimate of drug-likeness (QED) is 0.0205. The number of carbonyl (C=O) groups excluding carboxylic acids is 1. The Kier molecular flexibility index (Phi) is 40.7. The van der Waals surface area contributed by atoms with Crippen molar-refractivity contribution in [3.8, 4) is 0 Å². The first-order valence-electron chi connectivity index (χ1n) is 28.5. The zero-order valence-electron chi connectivity index (χ0n) is 45.3. The molecule has 14 nitrogen and oxygen atoms in total. The number of hydrogen-bond acceptors (Lipinski definition) is 13. The summed E-state index contributed by atoms with van der Waals surface area (Å²) in [4.78, 5) is 13.2. The van der Waals surface area contributed by atoms with Gasteiger partial charge >= 0.3 is 0 Å². The molecule has 2 aliphatic rings. The lowest BCUT2D eigenvalue weighted by molar-refractivity contribution is -0.359. The highest BCUT2D eigenvalue weighted by molar-refractivity contribution is 5.76. The molecular formula is C60H101NO13. The van der Waals surface area contributed by atoms with Gasteiger partial charge in [-0.15, -0.1) is 0 Å². The zero-order valence-corrected chi connectivity index (χ0v) is 45.3. The van der Waals surface area contributed by atoms with Crippen LogP contribution in [0.1, 0.15) is 181 Å². The van der Waals surface area contributed by atoms with Crippen LogP contribution < -0.4 is 5.32 Å². The number of unbranched alkanes of at least 4 members (excludes halogenated alkanes) is 16. The van der Waals surface area contributed by atoms with Gasteiger partial charge in [-0.05, 0) is 77.0 Å². The Morgan fingerprint density at radius 3 is 1.43 bits per heavy atom. The standard InChI is InChI=1S/C60H101NO13/c1-3-5-7-9-11-13-14-15-16-17-18-19-20-21-22-23-24-25-26-27-28-29-30-31-32-33-34-36-38-40-42-44-52(65)61-48(49(64)43-41-39-37-35-12-10-8-6-4-2)47-71-59-57(70)55(68)58(51(46-63)73-59)74-60-56(69)54(67)53(66)50(45-62)72-60/h5,7,11,13,15-16,18-19,21-22,24-25,27-28,41,43,48-51,53-60,62-64,66-70H,3-4,6,8-10,12,14,17,20,23,26,29-40,42,44-47H2,1-2H3,(H,61,65)/b7-5-,13-11-,16-15-,19-18-,22-21-,25-24-,28-27-,43-41+. The number of aliphatic hydroxyl groups is 8. The second-order valence-electron chi connectivity index (χ2n) is 19.7. The Morgan fingerprint density at radius 1 is 0.500 bits per heavy atom. The van der Waals surface area contributed by atoms with Crippen LogP contribution in [0.25, 0.3) is 0 Å². The van der Waals surface area contributed by atoms with Crippen LogP contribution in [-0.2, 0) is 23.7 Å². The third-order valence-electron chi connectivity index (χ3n) is 13.3. The van der Waals surface area contributed by atoms with Crippen molar-refractivity contribution in [1.29, 1.82) is 0 Å². The molecule has 0 aromatic carbocycles. The van der Waals surface area contributed by atoms with Gasteiger partial charge in [-0.1, -0.05) is 195 Å². The molecule has 0 aliphatic carbocycles. The molecule has 2 fully saturated rings. The number of carbonyl (C=O) groups is 1. The zero-order chi connectivity index (χ0) is 53.9. The van der Waals surface area contributed by atoms with Crippen LogP contribution in [-0.4, -0.2) is 140 Å². The third kappa shape index (κ3) is 30.6. The van der Waals surface area contributed by atoms with E-state index in [0.29, 0.717) is 6.42 Å². The number of nitrogens with one attached hydrogen (secondary N) is 1. The van der Waals surface area contributed by atoms with E-state index in [-0.39, 0.29) is 18.9 Å². The first kappa shape index (κ1) is 67.0. The van der Waals surface area contributed by atoms with Gasteiger partial charge in [-0.3, -0.25) is 4.79 Å². The Morgan fingerprint density at radius 2 is 0.932 bits per heavy atom. The highest BCUT2D eigenvalue weighted by Crippen LogP contribution is 2.30. The number of aliphatic hydroxyl groups excluding tert-OH is 8. The molecule has 0 radical (unpaired) electrons. The summed E-state index contributed by atoms with van der Waals surface area (Å²) in [5.74, 6) is -0.254. The molecule has 1 amide bonds. The van der Waals surface area contributed by atoms with E-state index in [1.54, 1.807) is 6.08 Å². The maximum atomic E-state index is 13.2. The summed E-state index contributed by atoms with van der Waals surface area (Å²) < 4.78 is 22.7. The molecule has 9 N–H and O–H groups in total. The Bertz CT molecular complexity index is 1610. The van der Waals surface area contributed by atoms with Crippen molar-refractivity contribution in [3.05, 3.63) is 97.2 Å². The molecule has 0 bridgehead atoms. The van der Waals surface area contributed by atoms with E-state index in [1.165, 1.54) is 57.8 Å². The number of hydrogen-bond donors (Lipinski definition) is 9. The summed E-state index contributed by atoms with van der Waals surface area (Å²) >= 11 is 0. The molecular weight excluding hydrogens is 943 g/mol. The molecule has 0 aromatic heterocycles. The fraction of sp³-hybridized carbons (Fsp3) is 0.717. The molecule has 2 aliphatic heterocycles. The minimum atomic E-state index is -1.79. The van der Waals surface area contributed by atoms with Gasteiger partial charge in [0.05, 0.1) is 32.0 Å². The first-order valence-corrected chi connectivity index (χ1v) is 28.5. The number of ether oxygens (including phenoxy) is 4. The molecule has 14 heteroatoms. The maximum absolute atomic E-state index is 13.2. The average Bonchev–Trinajstić information content (AvgIpc) is 3.40. The minimum Gasteiger partial charge on any atom is -0.394 e. The van der Waals surface area contributed by atoms with Crippen molar-refractivity contribution >= 4 is 5.91 Å². The van der Waals surface area contributed by atoms with Crippen LogP contribution in [0.3, 0.4) is 0 Å². The van der Waals surface area contributed by atoms with E-state index in [9.17, 15) is 45.6 Å². The molecule has 0 saturated carbocycles. The largest absolute Gasteiger partial charge is 0.394 e. The summed E-state index contributed by atoms with van der Waals surface area (Å²) in [5, 5.41) is 86.7. The second-order valence-corrected chi connectivity index (χ2v) is 19.7. The summed E-state index contributed by atoms with van der Waals surface area (Å²) in [5.41, 5.74) is 0. The maximum Gasteiger partial charge on any atom is 0.220 e. The molecule has 0 spiro atoms. The van der Waals surface area contributed by atoms with Crippen LogP contribution in [0.15, 0.2) is 97.2 Å². The molecule has 12 atom stereocenters. The molecule has 12 unspecified atom stereocenters. The van der Waals surface area contributed by atoms with E-state index in [4.69, 9.17) is 18.9 Å². The number of rotatable bonds is 43. The predicted octanol–water partition coefficient (Wildman–Crippen LogP) is 9.10. The van der Waals surface area contributed by atoms with Gasteiger partial charge in [-0.2, -0.15) is 0 Å². The summed E-state index contributed by atoms with van der Waals surface area (Å²) in [6, 6.07) is -0.922. The molecule has 424 valence electrons. The fourth-order valence-corrected chi connectivity index (χ4v) is 8.68. The van der Waals surface area contributed by atoms with Crippen molar-refractivity contribution in [2.24, 2.45) is 0 Å². The van der Waals surface area contributed by atoms with Gasteiger partial charge < -0.3 is 65.1 Å². The predicted molar refractivity (Wildman–Crippen MR) is 295 cm³/mol. The first-order chi connectivity index (χ1) is 36.1. The van der Waals surface area contributed by atoms with Crippen LogP contribution in [0.5, 0.6) is 0 Å². The summed E-state index contributed by atoms with van der Waals surface area (Å²) in [6.45, 7) is 2.61. The average molecular weight is 1040 g/mol. The van der Waals surface area contributed by atoms with Gasteiger partial charge in [0.15, 0.2) is 12.6 Å². The molecule has 2 saturated heterocycles. The normalized spacial score (nSPS) is 26.0. The van der Waals surface area contributed by atoms with Crippen LogP contribution >= 0.6 is 0 Å². The van der Waals surface area contributed by atoms with E-state index in [2.05, 4.69) is 104 Å². The van der Waals surface area contributed by atoms with Crippen molar-refractivity contribution in [3.63, 3.8) is 0 Å². The minimum absolute atomic E-state index is 0.254. The van der Waals surface area contributed by atoms with E-state index < -0.39 is 86.8 Å². The lowest BCUT2D eigenvalue weighted by Crippen LogP contribution is -2.65. The lowest BCUT2D eigenvalue weighted by atomic mass is 9.97. The van der Waals surface area contributed by atoms with Crippen molar-refractivity contribution in [1.82, 2.24) is 5.32 Å². The fourth-order valence-electron chi connectivity index (χ4n) is 8.68. The Hall–Kier alpha value is -3.09. The molecule has 0 aromatic rings. The van der Waals surface area contributed by atoms with Gasteiger partial charge in [-0.25, -0.2) is 0 Å². The highest BCUT2D eigenvalue weighted by atomic mass is 16.7. The lowest BCUT2D eigenvalue weighted by Gasteiger charge is -2.46. The van der Waals surface area contributed by atoms with Crippen molar-refractivity contribution in [2.75, 3.05) is 19.8 Å². The van der Waals surface area contributed by atoms with E-state index in [0.717, 1.165) is 96.3 Å². The molecule has 2 rings (SSSR count). The van der Waals surface area contributed by atoms with Gasteiger partial charge in [0, 0.05) is 6.42 Å². The summed E-state index contributed by atoms with van der Waals surface area (Å²) in [7, 11) is 0. The van der Waals surface area contributed by atoms with Crippen LogP contribution in [0.4, 0.5) is 0 Å². The topological polar surface area (TPSA) is 228 Å². The van der Waals surface area contributed by atoms with Gasteiger partial charge in [0.2, 0.25) is 5.91 Å². The number of allylic oxidation sites excluding steroid dienone is 15. The van der Waals surface area contributed by atoms with E-state index in [1.807, 2.05) is 6.08 Å². The smallest absolute Gasteiger partial charge is 0.220 e. The van der Waals surface area contributed by atoms with Gasteiger partial charge in [0.1, 0.15) is 48.8 Å². The third-order valence-corrected chi connectivity index (χ3v) is 13.3. The highest BCUT2D eigenvalue weighted by Gasteiger charge is 2.51. The Balaban J connectivity index is 1.67. The molecule has 74 heavy (non-hydrogen) atoms. The summed E-state index contributed by atoms with van der Waals surface area (Å²) in [6.07, 6.45) is 44.7. The SMILES string of the molecule is CC/C=C\C/C=C\C/C=C\C/C=C\C/C=C\C/C=C\C/C=C\CCCCCCCCCCCC(=O)NC(COC1OC(CO)C(OC2OC(CO)C(O)C(O)C2O)C(O)C1O)C(O)/C=C/CCCCCCCCC. The van der Waals surface area contributed by atoms with Crippen molar-refractivity contribution < 1.29 is 64.6 Å².